The molecule has 1 heterocycles. The summed E-state index contributed by atoms with van der Waals surface area (Å²) in [5, 5.41) is 9.97. The average molecular weight is 402 g/mol. The van der Waals surface area contributed by atoms with E-state index < -0.39 is 23.6 Å². The van der Waals surface area contributed by atoms with Gasteiger partial charge in [-0.15, -0.1) is 11.3 Å². The van der Waals surface area contributed by atoms with Crippen molar-refractivity contribution in [3.8, 4) is 0 Å². The first kappa shape index (κ1) is 14.0. The van der Waals surface area contributed by atoms with E-state index in [9.17, 15) is 18.3 Å². The smallest absolute Gasteiger partial charge is 0.161 e. The van der Waals surface area contributed by atoms with Gasteiger partial charge in [-0.25, -0.2) is 13.2 Å². The van der Waals surface area contributed by atoms with Gasteiger partial charge in [0.05, 0.1) is 3.79 Å². The minimum absolute atomic E-state index is 0.296. The van der Waals surface area contributed by atoms with Crippen molar-refractivity contribution in [3.63, 3.8) is 0 Å². The summed E-state index contributed by atoms with van der Waals surface area (Å²) < 4.78 is 40.7. The molecule has 1 aromatic carbocycles. The van der Waals surface area contributed by atoms with Crippen molar-refractivity contribution < 1.29 is 18.3 Å². The van der Waals surface area contributed by atoms with Crippen molar-refractivity contribution >= 4 is 43.2 Å². The van der Waals surface area contributed by atoms with Crippen LogP contribution in [-0.2, 0) is 0 Å². The van der Waals surface area contributed by atoms with Crippen LogP contribution in [0.1, 0.15) is 16.5 Å². The monoisotopic (exact) mass is 400 g/mol. The zero-order valence-corrected chi connectivity index (χ0v) is 12.5. The molecule has 2 aromatic rings. The first-order valence-electron chi connectivity index (χ1n) is 4.67. The molecule has 0 aliphatic rings. The van der Waals surface area contributed by atoms with Crippen LogP contribution in [0.4, 0.5) is 13.2 Å². The maximum absolute atomic E-state index is 13.5. The largest absolute Gasteiger partial charge is 0.383 e. The van der Waals surface area contributed by atoms with Gasteiger partial charge in [-0.1, -0.05) is 0 Å². The van der Waals surface area contributed by atoms with Crippen LogP contribution >= 0.6 is 43.2 Å². The van der Waals surface area contributed by atoms with E-state index in [0.717, 1.165) is 3.79 Å². The third-order valence-corrected chi connectivity index (χ3v) is 5.58. The van der Waals surface area contributed by atoms with Gasteiger partial charge >= 0.3 is 0 Å². The maximum atomic E-state index is 13.5. The van der Waals surface area contributed by atoms with E-state index in [-0.39, 0.29) is 5.56 Å². The molecule has 0 spiro atoms. The molecule has 1 unspecified atom stereocenters. The lowest BCUT2D eigenvalue weighted by Gasteiger charge is -2.10. The molecule has 0 aliphatic carbocycles. The van der Waals surface area contributed by atoms with Crippen LogP contribution < -0.4 is 0 Å². The van der Waals surface area contributed by atoms with Crippen molar-refractivity contribution in [2.45, 2.75) is 6.10 Å². The Kier molecular flexibility index (Phi) is 4.15. The van der Waals surface area contributed by atoms with Gasteiger partial charge in [-0.05, 0) is 44.0 Å². The second-order valence-electron chi connectivity index (χ2n) is 3.46. The minimum Gasteiger partial charge on any atom is -0.383 e. The molecule has 1 atom stereocenters. The fourth-order valence-electron chi connectivity index (χ4n) is 1.40. The SMILES string of the molecule is OC(c1cc(Br)c(Br)s1)c1cc(F)c(F)cc1F. The van der Waals surface area contributed by atoms with E-state index in [1.165, 1.54) is 11.3 Å². The quantitative estimate of drug-likeness (QED) is 0.718. The van der Waals surface area contributed by atoms with Crippen molar-refractivity contribution in [2.24, 2.45) is 0 Å². The van der Waals surface area contributed by atoms with Crippen LogP contribution in [-0.4, -0.2) is 5.11 Å². The van der Waals surface area contributed by atoms with Gasteiger partial charge in [0.25, 0.3) is 0 Å². The molecule has 0 radical (unpaired) electrons. The zero-order chi connectivity index (χ0) is 13.4. The molecule has 1 nitrogen and oxygen atoms in total. The molecule has 2 rings (SSSR count). The molecule has 96 valence electrons. The van der Waals surface area contributed by atoms with Gasteiger partial charge in [-0.3, -0.25) is 0 Å². The van der Waals surface area contributed by atoms with E-state index in [0.29, 0.717) is 21.5 Å². The van der Waals surface area contributed by atoms with E-state index >= 15 is 0 Å². The summed E-state index contributed by atoms with van der Waals surface area (Å²) in [5.74, 6) is -3.46. The normalized spacial score (nSPS) is 12.8. The molecule has 0 amide bonds. The van der Waals surface area contributed by atoms with Gasteiger partial charge in [0.2, 0.25) is 0 Å². The topological polar surface area (TPSA) is 20.2 Å². The number of halogens is 5. The van der Waals surface area contributed by atoms with Gasteiger partial charge in [0, 0.05) is 21.0 Å². The second kappa shape index (κ2) is 5.32. The molecule has 0 saturated carbocycles. The van der Waals surface area contributed by atoms with Crippen molar-refractivity contribution in [1.82, 2.24) is 0 Å². The summed E-state index contributed by atoms with van der Waals surface area (Å²) in [6.45, 7) is 0. The number of hydrogen-bond donors (Lipinski definition) is 1. The second-order valence-corrected chi connectivity index (χ2v) is 6.72. The highest BCUT2D eigenvalue weighted by Gasteiger charge is 2.21. The first-order chi connectivity index (χ1) is 8.40. The number of aliphatic hydroxyl groups is 1. The molecule has 1 N–H and O–H groups in total. The molecule has 0 fully saturated rings. The Morgan fingerprint density at radius 1 is 1.00 bits per heavy atom. The maximum Gasteiger partial charge on any atom is 0.161 e. The van der Waals surface area contributed by atoms with E-state index in [2.05, 4.69) is 31.9 Å². The summed E-state index contributed by atoms with van der Waals surface area (Å²) >= 11 is 7.63. The van der Waals surface area contributed by atoms with Gasteiger partial charge < -0.3 is 5.11 Å². The number of benzene rings is 1. The van der Waals surface area contributed by atoms with Crippen molar-refractivity contribution in [3.05, 3.63) is 54.4 Å². The molecule has 1 aromatic heterocycles. The van der Waals surface area contributed by atoms with E-state index in [1.807, 2.05) is 0 Å². The highest BCUT2D eigenvalue weighted by Crippen LogP contribution is 2.38. The van der Waals surface area contributed by atoms with Crippen LogP contribution in [0.3, 0.4) is 0 Å². The number of rotatable bonds is 2. The molecular formula is C11H5Br2F3OS. The Balaban J connectivity index is 2.45. The van der Waals surface area contributed by atoms with Crippen LogP contribution in [0.25, 0.3) is 0 Å². The predicted octanol–water partition coefficient (Wildman–Crippen LogP) is 4.77. The molecule has 0 bridgehead atoms. The molecule has 18 heavy (non-hydrogen) atoms. The van der Waals surface area contributed by atoms with Crippen LogP contribution in [0.15, 0.2) is 26.5 Å². The predicted molar refractivity (Wildman–Crippen MR) is 70.1 cm³/mol. The van der Waals surface area contributed by atoms with Gasteiger partial charge in [-0.2, -0.15) is 0 Å². The van der Waals surface area contributed by atoms with Crippen molar-refractivity contribution in [1.29, 1.82) is 0 Å². The van der Waals surface area contributed by atoms with Gasteiger partial charge in [0.1, 0.15) is 11.9 Å². The zero-order valence-electron chi connectivity index (χ0n) is 8.55. The van der Waals surface area contributed by atoms with Gasteiger partial charge in [0.15, 0.2) is 11.6 Å². The molecular weight excluding hydrogens is 397 g/mol. The summed E-state index contributed by atoms with van der Waals surface area (Å²) in [4.78, 5) is 0.415. The minimum atomic E-state index is -1.34. The molecule has 0 aliphatic heterocycles. The van der Waals surface area contributed by atoms with Crippen LogP contribution in [0, 0.1) is 17.5 Å². The van der Waals surface area contributed by atoms with E-state index in [1.54, 1.807) is 6.07 Å². The lowest BCUT2D eigenvalue weighted by Crippen LogP contribution is -2.03. The third kappa shape index (κ3) is 2.64. The summed E-state index contributed by atoms with van der Waals surface area (Å²) in [6.07, 6.45) is -1.34. The Labute approximate surface area is 122 Å². The number of hydrogen-bond acceptors (Lipinski definition) is 2. The lowest BCUT2D eigenvalue weighted by atomic mass is 10.1. The highest BCUT2D eigenvalue weighted by atomic mass is 79.9. The first-order valence-corrected chi connectivity index (χ1v) is 7.07. The van der Waals surface area contributed by atoms with Crippen LogP contribution in [0.5, 0.6) is 0 Å². The standard InChI is InChI=1S/C11H5Br2F3OS/c12-5-2-9(18-11(5)13)10(17)4-1-7(15)8(16)3-6(4)14/h1-3,10,17H. The summed E-state index contributed by atoms with van der Waals surface area (Å²) in [7, 11) is 0. The Morgan fingerprint density at radius 3 is 2.17 bits per heavy atom. The third-order valence-electron chi connectivity index (χ3n) is 2.27. The Hall–Kier alpha value is -0.370. The van der Waals surface area contributed by atoms with Crippen LogP contribution in [0.2, 0.25) is 0 Å². The van der Waals surface area contributed by atoms with E-state index in [4.69, 9.17) is 0 Å². The average Bonchev–Trinajstić information content (AvgIpc) is 2.63. The Bertz CT molecular complexity index is 581. The molecule has 0 saturated heterocycles. The fraction of sp³-hybridized carbons (Fsp3) is 0.0909. The number of aliphatic hydroxyl groups excluding tert-OH is 1. The molecule has 7 heteroatoms. The number of thiophene rings is 1. The summed E-state index contributed by atoms with van der Waals surface area (Å²) in [6, 6.07) is 2.67. The fourth-order valence-corrected chi connectivity index (χ4v) is 3.49. The Morgan fingerprint density at radius 2 is 1.61 bits per heavy atom. The summed E-state index contributed by atoms with van der Waals surface area (Å²) in [5.41, 5.74) is -0.296. The highest BCUT2D eigenvalue weighted by molar-refractivity contribution is 9.13. The van der Waals surface area contributed by atoms with Crippen molar-refractivity contribution in [2.75, 3.05) is 0 Å². The lowest BCUT2D eigenvalue weighted by molar-refractivity contribution is 0.217.